The Morgan fingerprint density at radius 2 is 1.95 bits per heavy atom. The van der Waals surface area contributed by atoms with Crippen LogP contribution in [0.15, 0.2) is 54.6 Å². The number of thioether (sulfide) groups is 2. The van der Waals surface area contributed by atoms with Crippen LogP contribution in [0, 0.1) is 5.92 Å². The number of fused-ring (bicyclic) bond motifs is 3. The van der Waals surface area contributed by atoms with E-state index in [2.05, 4.69) is 78.1 Å². The van der Waals surface area contributed by atoms with Crippen molar-refractivity contribution in [3.05, 3.63) is 60.2 Å². The summed E-state index contributed by atoms with van der Waals surface area (Å²) in [5.74, 6) is 1.96. The molecule has 3 atom stereocenters. The highest BCUT2D eigenvalue weighted by Crippen LogP contribution is 2.50. The van der Waals surface area contributed by atoms with Gasteiger partial charge in [-0.15, -0.1) is 23.5 Å². The van der Waals surface area contributed by atoms with Gasteiger partial charge >= 0.3 is 0 Å². The number of benzene rings is 2. The van der Waals surface area contributed by atoms with Gasteiger partial charge in [-0.2, -0.15) is 0 Å². The largest absolute Gasteiger partial charge is 0.142 e. The van der Waals surface area contributed by atoms with E-state index in [0.717, 1.165) is 21.5 Å². The second kappa shape index (κ2) is 4.92. The Morgan fingerprint density at radius 3 is 2.74 bits per heavy atom. The zero-order valence-corrected chi connectivity index (χ0v) is 12.3. The van der Waals surface area contributed by atoms with Crippen LogP contribution in [-0.4, -0.2) is 9.83 Å². The summed E-state index contributed by atoms with van der Waals surface area (Å²) in [4.78, 5) is 0. The maximum absolute atomic E-state index is 2.43. The summed E-state index contributed by atoms with van der Waals surface area (Å²) in [7, 11) is 0. The van der Waals surface area contributed by atoms with E-state index in [0.29, 0.717) is 0 Å². The van der Waals surface area contributed by atoms with Gasteiger partial charge in [-0.25, -0.2) is 0 Å². The normalized spacial score (nSPS) is 28.3. The Morgan fingerprint density at radius 1 is 1.05 bits per heavy atom. The average Bonchev–Trinajstić information content (AvgIpc) is 3.07. The van der Waals surface area contributed by atoms with Gasteiger partial charge in [0.05, 0.1) is 4.58 Å². The third kappa shape index (κ3) is 2.32. The maximum Gasteiger partial charge on any atom is 0.0574 e. The SMILES string of the molecule is C1=C[C@H]2C[C@@H]1[C@@H](SCc1ccc3ccccc3c1)S2. The molecule has 0 aromatic heterocycles. The molecule has 1 aliphatic carbocycles. The van der Waals surface area contributed by atoms with Crippen LogP contribution in [0.25, 0.3) is 10.8 Å². The monoisotopic (exact) mass is 284 g/mol. The minimum Gasteiger partial charge on any atom is -0.142 e. The molecule has 4 rings (SSSR count). The van der Waals surface area contributed by atoms with Gasteiger partial charge in [0.2, 0.25) is 0 Å². The molecule has 1 saturated heterocycles. The first-order valence-corrected chi connectivity index (χ1v) is 8.81. The third-order valence-electron chi connectivity index (χ3n) is 3.96. The number of allylic oxidation sites excluding steroid dienone is 1. The van der Waals surface area contributed by atoms with Crippen molar-refractivity contribution in [1.82, 2.24) is 0 Å². The molecular weight excluding hydrogens is 268 g/mol. The van der Waals surface area contributed by atoms with Crippen LogP contribution in [0.3, 0.4) is 0 Å². The molecule has 2 aromatic rings. The van der Waals surface area contributed by atoms with Crippen molar-refractivity contribution in [2.24, 2.45) is 5.92 Å². The lowest BCUT2D eigenvalue weighted by Gasteiger charge is -2.17. The fourth-order valence-electron chi connectivity index (χ4n) is 2.94. The summed E-state index contributed by atoms with van der Waals surface area (Å²) in [6, 6.07) is 15.5. The Balaban J connectivity index is 1.48. The summed E-state index contributed by atoms with van der Waals surface area (Å²) < 4.78 is 0.779. The lowest BCUT2D eigenvalue weighted by Crippen LogP contribution is -2.04. The summed E-state index contributed by atoms with van der Waals surface area (Å²) in [5, 5.41) is 3.51. The zero-order valence-electron chi connectivity index (χ0n) is 10.7. The Kier molecular flexibility index (Phi) is 3.08. The lowest BCUT2D eigenvalue weighted by molar-refractivity contribution is 0.732. The molecule has 2 aromatic carbocycles. The smallest absolute Gasteiger partial charge is 0.0574 e. The molecule has 96 valence electrons. The van der Waals surface area contributed by atoms with Gasteiger partial charge in [0.15, 0.2) is 0 Å². The predicted octanol–water partition coefficient (Wildman–Crippen LogP) is 5.09. The molecule has 0 amide bonds. The lowest BCUT2D eigenvalue weighted by atomic mass is 10.1. The fraction of sp³-hybridized carbons (Fsp3) is 0.294. The second-order valence-electron chi connectivity index (χ2n) is 5.32. The molecule has 1 heterocycles. The molecule has 1 fully saturated rings. The number of rotatable bonds is 3. The summed E-state index contributed by atoms with van der Waals surface area (Å²) >= 11 is 4.28. The first kappa shape index (κ1) is 11.9. The van der Waals surface area contributed by atoms with E-state index < -0.39 is 0 Å². The molecular formula is C17H16S2. The van der Waals surface area contributed by atoms with Gasteiger partial charge < -0.3 is 0 Å². The number of hydrogen-bond donors (Lipinski definition) is 0. The van der Waals surface area contributed by atoms with E-state index in [1.165, 1.54) is 22.8 Å². The van der Waals surface area contributed by atoms with Crippen LogP contribution in [0.4, 0.5) is 0 Å². The molecule has 2 heteroatoms. The van der Waals surface area contributed by atoms with E-state index in [4.69, 9.17) is 0 Å². The minimum absolute atomic E-state index is 0.779. The van der Waals surface area contributed by atoms with Gasteiger partial charge in [0.25, 0.3) is 0 Å². The fourth-order valence-corrected chi connectivity index (χ4v) is 6.13. The molecule has 0 saturated carbocycles. The minimum atomic E-state index is 0.779. The van der Waals surface area contributed by atoms with Crippen molar-refractivity contribution in [3.63, 3.8) is 0 Å². The summed E-state index contributed by atoms with van der Waals surface area (Å²) in [5.41, 5.74) is 1.45. The molecule has 0 spiro atoms. The average molecular weight is 284 g/mol. The van der Waals surface area contributed by atoms with Gasteiger partial charge in [0, 0.05) is 11.0 Å². The summed E-state index contributed by atoms with van der Waals surface area (Å²) in [6.07, 6.45) is 6.20. The van der Waals surface area contributed by atoms with E-state index in [1.807, 2.05) is 0 Å². The van der Waals surface area contributed by atoms with Crippen LogP contribution < -0.4 is 0 Å². The quantitative estimate of drug-likeness (QED) is 0.720. The molecule has 1 aliphatic heterocycles. The Hall–Kier alpha value is -0.860. The highest BCUT2D eigenvalue weighted by atomic mass is 32.2. The van der Waals surface area contributed by atoms with Crippen LogP contribution in [0.1, 0.15) is 12.0 Å². The molecule has 0 nitrogen and oxygen atoms in total. The molecule has 0 N–H and O–H groups in total. The maximum atomic E-state index is 2.43. The third-order valence-corrected chi connectivity index (χ3v) is 7.20. The molecule has 2 aliphatic rings. The van der Waals surface area contributed by atoms with Crippen LogP contribution in [0.2, 0.25) is 0 Å². The van der Waals surface area contributed by atoms with Crippen molar-refractivity contribution >= 4 is 34.3 Å². The first-order valence-electron chi connectivity index (χ1n) is 6.81. The van der Waals surface area contributed by atoms with Gasteiger partial charge in [0.1, 0.15) is 0 Å². The summed E-state index contributed by atoms with van der Waals surface area (Å²) in [6.45, 7) is 0. The Labute approximate surface area is 122 Å². The van der Waals surface area contributed by atoms with Crippen molar-refractivity contribution in [2.75, 3.05) is 0 Å². The molecule has 0 radical (unpaired) electrons. The first-order chi connectivity index (χ1) is 9.38. The highest BCUT2D eigenvalue weighted by Gasteiger charge is 2.36. The van der Waals surface area contributed by atoms with Crippen molar-refractivity contribution < 1.29 is 0 Å². The molecule has 2 bridgehead atoms. The highest BCUT2D eigenvalue weighted by molar-refractivity contribution is 8.17. The van der Waals surface area contributed by atoms with Crippen molar-refractivity contribution in [1.29, 1.82) is 0 Å². The standard InChI is InChI=1S/C17H16S2/c1-2-4-14-9-12(5-6-13(14)3-1)11-18-17-15-7-8-16(10-15)19-17/h1-9,15-17H,10-11H2/t15-,16+,17+/m1/s1. The zero-order chi connectivity index (χ0) is 12.7. The van der Waals surface area contributed by atoms with Crippen LogP contribution >= 0.6 is 23.5 Å². The topological polar surface area (TPSA) is 0 Å². The van der Waals surface area contributed by atoms with Crippen LogP contribution in [0.5, 0.6) is 0 Å². The van der Waals surface area contributed by atoms with E-state index in [9.17, 15) is 0 Å². The van der Waals surface area contributed by atoms with Crippen molar-refractivity contribution in [3.8, 4) is 0 Å². The van der Waals surface area contributed by atoms with E-state index >= 15 is 0 Å². The predicted molar refractivity (Wildman–Crippen MR) is 87.7 cm³/mol. The van der Waals surface area contributed by atoms with Crippen molar-refractivity contribution in [2.45, 2.75) is 22.0 Å². The van der Waals surface area contributed by atoms with Gasteiger partial charge in [-0.3, -0.25) is 0 Å². The Bertz CT molecular complexity index is 632. The van der Waals surface area contributed by atoms with Gasteiger partial charge in [-0.05, 0) is 28.7 Å². The second-order valence-corrected chi connectivity index (χ2v) is 8.13. The molecule has 19 heavy (non-hydrogen) atoms. The number of hydrogen-bond acceptors (Lipinski definition) is 2. The van der Waals surface area contributed by atoms with Gasteiger partial charge in [-0.1, -0.05) is 54.6 Å². The van der Waals surface area contributed by atoms with E-state index in [-0.39, 0.29) is 0 Å². The van der Waals surface area contributed by atoms with Crippen LogP contribution in [-0.2, 0) is 5.75 Å². The molecule has 0 unspecified atom stereocenters. The van der Waals surface area contributed by atoms with E-state index in [1.54, 1.807) is 0 Å².